The van der Waals surface area contributed by atoms with Gasteiger partial charge in [0, 0.05) is 59.6 Å². The summed E-state index contributed by atoms with van der Waals surface area (Å²) in [5, 5.41) is 12.5. The SMILES string of the molecule is CS(=O)c1cccc(C[C@H](NC(=O)c2c(Cl)cc3c(c2Cl)CCN(C(=O)C2=Nc4ncccc4C2)C3)C(=O)O)c1. The highest BCUT2D eigenvalue weighted by molar-refractivity contribution is 7.84. The van der Waals surface area contributed by atoms with Crippen LogP contribution in [0.15, 0.2) is 58.5 Å². The number of aliphatic carboxylic acids is 1. The van der Waals surface area contributed by atoms with Crippen LogP contribution < -0.4 is 5.32 Å². The van der Waals surface area contributed by atoms with Crippen LogP contribution in [0.2, 0.25) is 10.0 Å². The zero-order chi connectivity index (χ0) is 28.6. The summed E-state index contributed by atoms with van der Waals surface area (Å²) >= 11 is 13.2. The lowest BCUT2D eigenvalue weighted by Crippen LogP contribution is -2.43. The second kappa shape index (κ2) is 11.5. The van der Waals surface area contributed by atoms with Crippen molar-refractivity contribution in [2.45, 2.75) is 36.7 Å². The summed E-state index contributed by atoms with van der Waals surface area (Å²) in [6.45, 7) is 0.606. The van der Waals surface area contributed by atoms with Gasteiger partial charge in [-0.05, 0) is 47.4 Å². The Balaban J connectivity index is 1.32. The predicted molar refractivity (Wildman–Crippen MR) is 152 cm³/mol. The van der Waals surface area contributed by atoms with Gasteiger partial charge in [0.15, 0.2) is 5.82 Å². The third-order valence-electron chi connectivity index (χ3n) is 6.91. The minimum Gasteiger partial charge on any atom is -0.480 e. The van der Waals surface area contributed by atoms with E-state index in [9.17, 15) is 23.7 Å². The van der Waals surface area contributed by atoms with Gasteiger partial charge in [0.2, 0.25) is 0 Å². The van der Waals surface area contributed by atoms with E-state index >= 15 is 0 Å². The Bertz CT molecular complexity index is 1610. The Morgan fingerprint density at radius 1 is 1.15 bits per heavy atom. The predicted octanol–water partition coefficient (Wildman–Crippen LogP) is 3.77. The van der Waals surface area contributed by atoms with Gasteiger partial charge in [0.05, 0.1) is 15.6 Å². The van der Waals surface area contributed by atoms with Gasteiger partial charge in [-0.25, -0.2) is 14.8 Å². The van der Waals surface area contributed by atoms with Gasteiger partial charge in [-0.15, -0.1) is 0 Å². The molecule has 1 unspecified atom stereocenters. The van der Waals surface area contributed by atoms with E-state index in [1.54, 1.807) is 41.4 Å². The van der Waals surface area contributed by atoms with Gasteiger partial charge >= 0.3 is 5.97 Å². The molecule has 2 aliphatic rings. The monoisotopic (exact) mass is 598 g/mol. The highest BCUT2D eigenvalue weighted by atomic mass is 35.5. The van der Waals surface area contributed by atoms with Crippen LogP contribution in [0.25, 0.3) is 0 Å². The number of carboxylic acids is 1. The molecule has 206 valence electrons. The van der Waals surface area contributed by atoms with E-state index in [2.05, 4.69) is 15.3 Å². The first-order valence-electron chi connectivity index (χ1n) is 12.4. The van der Waals surface area contributed by atoms with E-state index in [1.165, 1.54) is 6.26 Å². The van der Waals surface area contributed by atoms with E-state index in [4.69, 9.17) is 23.2 Å². The third-order valence-corrected chi connectivity index (χ3v) is 8.54. The Morgan fingerprint density at radius 3 is 2.67 bits per heavy atom. The van der Waals surface area contributed by atoms with Crippen molar-refractivity contribution in [3.63, 3.8) is 0 Å². The number of amides is 2. The van der Waals surface area contributed by atoms with Gasteiger partial charge in [-0.2, -0.15) is 0 Å². The quantitative estimate of drug-likeness (QED) is 0.426. The van der Waals surface area contributed by atoms with Crippen LogP contribution >= 0.6 is 23.2 Å². The molecule has 2 N–H and O–H groups in total. The number of benzene rings is 2. The van der Waals surface area contributed by atoms with Crippen molar-refractivity contribution in [1.29, 1.82) is 0 Å². The number of hydrogen-bond acceptors (Lipinski definition) is 6. The molecule has 0 fully saturated rings. The number of carbonyl (C=O) groups excluding carboxylic acids is 2. The number of aliphatic imine (C=N–C) groups is 1. The number of carboxylic acid groups (broad SMARTS) is 1. The molecular weight excluding hydrogens is 575 g/mol. The van der Waals surface area contributed by atoms with Crippen molar-refractivity contribution in [3.05, 3.63) is 86.5 Å². The van der Waals surface area contributed by atoms with E-state index in [1.807, 2.05) is 12.1 Å². The van der Waals surface area contributed by atoms with Crippen LogP contribution in [0.3, 0.4) is 0 Å². The van der Waals surface area contributed by atoms with Gasteiger partial charge in [0.25, 0.3) is 11.8 Å². The van der Waals surface area contributed by atoms with Crippen LogP contribution in [0.4, 0.5) is 5.82 Å². The standard InChI is InChI=1S/C28H24Cl2N4O5S/c1-40(39)18-6-2-4-15(10-18)11-22(28(37)38)33-26(35)23-20(29)12-17-14-34(9-7-19(17)24(23)30)27(36)21-13-16-5-3-8-31-25(16)32-21/h2-6,8,10,12,22H,7,9,11,13-14H2,1H3,(H,33,35)(H,37,38)/t22-,40?/m0/s1. The number of carbonyl (C=O) groups is 3. The first-order valence-corrected chi connectivity index (χ1v) is 14.7. The second-order valence-electron chi connectivity index (χ2n) is 9.55. The molecule has 12 heteroatoms. The number of nitrogens with one attached hydrogen (secondary N) is 1. The van der Waals surface area contributed by atoms with Crippen molar-refractivity contribution in [2.75, 3.05) is 12.8 Å². The summed E-state index contributed by atoms with van der Waals surface area (Å²) in [5.74, 6) is -1.59. The largest absolute Gasteiger partial charge is 0.480 e. The fourth-order valence-corrected chi connectivity index (χ4v) is 6.22. The number of aromatic nitrogens is 1. The summed E-state index contributed by atoms with van der Waals surface area (Å²) < 4.78 is 11.8. The molecule has 0 bridgehead atoms. The summed E-state index contributed by atoms with van der Waals surface area (Å²) in [7, 11) is -1.23. The minimum absolute atomic E-state index is 0.0155. The number of hydrogen-bond donors (Lipinski definition) is 2. The maximum Gasteiger partial charge on any atom is 0.326 e. The van der Waals surface area contributed by atoms with E-state index in [0.717, 1.165) is 5.56 Å². The first kappa shape index (κ1) is 27.9. The summed E-state index contributed by atoms with van der Waals surface area (Å²) in [5.41, 5.74) is 3.30. The Labute approximate surface area is 242 Å². The van der Waals surface area contributed by atoms with Crippen molar-refractivity contribution in [1.82, 2.24) is 15.2 Å². The molecule has 40 heavy (non-hydrogen) atoms. The number of rotatable bonds is 7. The molecule has 3 heterocycles. The fourth-order valence-electron chi connectivity index (χ4n) is 4.87. The van der Waals surface area contributed by atoms with Crippen molar-refractivity contribution >= 4 is 63.3 Å². The fraction of sp³-hybridized carbons (Fsp3) is 0.250. The highest BCUT2D eigenvalue weighted by Gasteiger charge is 2.32. The third kappa shape index (κ3) is 5.65. The van der Waals surface area contributed by atoms with Gasteiger partial charge < -0.3 is 15.3 Å². The lowest BCUT2D eigenvalue weighted by atomic mass is 9.95. The maximum atomic E-state index is 13.2. The molecule has 2 aliphatic heterocycles. The number of nitrogens with zero attached hydrogens (tertiary/aromatic N) is 3. The van der Waals surface area contributed by atoms with Crippen LogP contribution in [-0.2, 0) is 46.2 Å². The van der Waals surface area contributed by atoms with Gasteiger partial charge in [-0.1, -0.05) is 41.4 Å². The molecule has 0 aliphatic carbocycles. The van der Waals surface area contributed by atoms with Crippen molar-refractivity contribution in [2.24, 2.45) is 4.99 Å². The Morgan fingerprint density at radius 2 is 1.95 bits per heavy atom. The number of fused-ring (bicyclic) bond motifs is 2. The number of halogens is 2. The summed E-state index contributed by atoms with van der Waals surface area (Å²) in [6.07, 6.45) is 3.95. The minimum atomic E-state index is -1.27. The molecule has 0 radical (unpaired) electrons. The van der Waals surface area contributed by atoms with E-state index < -0.39 is 28.7 Å². The molecule has 0 saturated heterocycles. The molecule has 5 rings (SSSR count). The molecule has 9 nitrogen and oxygen atoms in total. The lowest BCUT2D eigenvalue weighted by molar-refractivity contribution is -0.139. The Kier molecular flexibility index (Phi) is 8.02. The van der Waals surface area contributed by atoms with Crippen molar-refractivity contribution < 1.29 is 23.7 Å². The maximum absolute atomic E-state index is 13.2. The zero-order valence-electron chi connectivity index (χ0n) is 21.3. The van der Waals surface area contributed by atoms with E-state index in [-0.39, 0.29) is 34.5 Å². The molecule has 2 atom stereocenters. The normalized spacial score (nSPS) is 15.5. The van der Waals surface area contributed by atoms with Crippen LogP contribution in [-0.4, -0.2) is 61.5 Å². The van der Waals surface area contributed by atoms with Crippen LogP contribution in [0, 0.1) is 0 Å². The van der Waals surface area contributed by atoms with Gasteiger partial charge in [0.1, 0.15) is 11.8 Å². The molecule has 0 spiro atoms. The number of pyridine rings is 1. The zero-order valence-corrected chi connectivity index (χ0v) is 23.6. The molecule has 1 aromatic heterocycles. The lowest BCUT2D eigenvalue weighted by Gasteiger charge is -2.30. The van der Waals surface area contributed by atoms with Crippen LogP contribution in [0.5, 0.6) is 0 Å². The summed E-state index contributed by atoms with van der Waals surface area (Å²) in [6, 6.07) is 10.8. The van der Waals surface area contributed by atoms with Gasteiger partial charge in [-0.3, -0.25) is 13.8 Å². The molecule has 2 aromatic carbocycles. The van der Waals surface area contributed by atoms with E-state index in [0.29, 0.717) is 52.5 Å². The average Bonchev–Trinajstić information content (AvgIpc) is 3.36. The van der Waals surface area contributed by atoms with Crippen LogP contribution in [0.1, 0.15) is 32.6 Å². The Hall–Kier alpha value is -3.60. The second-order valence-corrected chi connectivity index (χ2v) is 11.7. The topological polar surface area (TPSA) is 129 Å². The highest BCUT2D eigenvalue weighted by Crippen LogP contribution is 2.35. The molecule has 3 aromatic rings. The molecule has 2 amide bonds. The molecule has 0 saturated carbocycles. The average molecular weight is 599 g/mol. The smallest absolute Gasteiger partial charge is 0.326 e. The van der Waals surface area contributed by atoms with Crippen molar-refractivity contribution in [3.8, 4) is 0 Å². The molecular formula is C28H24Cl2N4O5S. The summed E-state index contributed by atoms with van der Waals surface area (Å²) in [4.78, 5) is 49.2. The first-order chi connectivity index (χ1) is 19.1.